The highest BCUT2D eigenvalue weighted by molar-refractivity contribution is 5.98. The first-order chi connectivity index (χ1) is 7.63. The van der Waals surface area contributed by atoms with Crippen LogP contribution < -0.4 is 10.1 Å². The number of hydrogen-bond acceptors (Lipinski definition) is 4. The number of esters is 1. The van der Waals surface area contributed by atoms with Crippen molar-refractivity contribution in [2.24, 2.45) is 0 Å². The number of amides is 1. The zero-order chi connectivity index (χ0) is 11.7. The summed E-state index contributed by atoms with van der Waals surface area (Å²) in [4.78, 5) is 22.2. The molecule has 1 heterocycles. The topological polar surface area (TPSA) is 64.6 Å². The number of rotatable bonds is 1. The van der Waals surface area contributed by atoms with E-state index in [4.69, 9.17) is 4.74 Å². The maximum atomic E-state index is 13.8. The van der Waals surface area contributed by atoms with E-state index in [9.17, 15) is 14.0 Å². The highest BCUT2D eigenvalue weighted by Crippen LogP contribution is 2.32. The molecular formula is C10H8FNO4. The maximum absolute atomic E-state index is 13.8. The van der Waals surface area contributed by atoms with Crippen molar-refractivity contribution in [2.75, 3.05) is 19.0 Å². The van der Waals surface area contributed by atoms with E-state index in [1.165, 1.54) is 12.1 Å². The van der Waals surface area contributed by atoms with Gasteiger partial charge in [-0.1, -0.05) is 0 Å². The fourth-order valence-corrected chi connectivity index (χ4v) is 1.38. The van der Waals surface area contributed by atoms with Crippen LogP contribution in [0.4, 0.5) is 10.1 Å². The molecule has 1 aromatic rings. The summed E-state index contributed by atoms with van der Waals surface area (Å²) in [6.07, 6.45) is 0. The molecule has 0 fully saturated rings. The Morgan fingerprint density at radius 3 is 3.00 bits per heavy atom. The number of nitrogens with one attached hydrogen (secondary N) is 1. The number of fused-ring (bicyclic) bond motifs is 1. The SMILES string of the molecule is COC(=O)c1ccc2c(c1F)NC(=O)CO2. The fraction of sp³-hybridized carbons (Fsp3) is 0.200. The first-order valence-corrected chi connectivity index (χ1v) is 4.47. The molecule has 0 aromatic heterocycles. The van der Waals surface area contributed by atoms with Gasteiger partial charge in [0.15, 0.2) is 12.4 Å². The van der Waals surface area contributed by atoms with Gasteiger partial charge in [0.05, 0.1) is 12.7 Å². The Labute approximate surface area is 90.2 Å². The van der Waals surface area contributed by atoms with Gasteiger partial charge >= 0.3 is 5.97 Å². The van der Waals surface area contributed by atoms with E-state index in [2.05, 4.69) is 10.1 Å². The van der Waals surface area contributed by atoms with E-state index in [0.717, 1.165) is 7.11 Å². The van der Waals surface area contributed by atoms with Gasteiger partial charge in [0.25, 0.3) is 5.91 Å². The summed E-state index contributed by atoms with van der Waals surface area (Å²) in [5.41, 5.74) is -0.369. The van der Waals surface area contributed by atoms with Gasteiger partial charge in [-0.25, -0.2) is 9.18 Å². The van der Waals surface area contributed by atoms with Crippen molar-refractivity contribution in [1.29, 1.82) is 0 Å². The molecule has 1 aliphatic rings. The van der Waals surface area contributed by atoms with Crippen LogP contribution in [-0.2, 0) is 9.53 Å². The molecule has 0 radical (unpaired) electrons. The first-order valence-electron chi connectivity index (χ1n) is 4.47. The lowest BCUT2D eigenvalue weighted by Crippen LogP contribution is -2.26. The molecule has 0 aliphatic carbocycles. The van der Waals surface area contributed by atoms with Crippen LogP contribution in [0, 0.1) is 5.82 Å². The molecule has 0 saturated heterocycles. The normalized spacial score (nSPS) is 13.5. The van der Waals surface area contributed by atoms with E-state index < -0.39 is 17.7 Å². The van der Waals surface area contributed by atoms with Gasteiger partial charge in [0.2, 0.25) is 0 Å². The van der Waals surface area contributed by atoms with Gasteiger partial charge in [0.1, 0.15) is 11.4 Å². The monoisotopic (exact) mass is 225 g/mol. The van der Waals surface area contributed by atoms with Crippen molar-refractivity contribution in [3.8, 4) is 5.75 Å². The number of hydrogen-bond donors (Lipinski definition) is 1. The summed E-state index contributed by atoms with van der Waals surface area (Å²) < 4.78 is 23.2. The molecular weight excluding hydrogens is 217 g/mol. The minimum Gasteiger partial charge on any atom is -0.481 e. The lowest BCUT2D eigenvalue weighted by Gasteiger charge is -2.19. The number of carbonyl (C=O) groups excluding carboxylic acids is 2. The summed E-state index contributed by atoms with van der Waals surface area (Å²) in [7, 11) is 1.15. The van der Waals surface area contributed by atoms with Crippen LogP contribution in [0.1, 0.15) is 10.4 Å². The third-order valence-corrected chi connectivity index (χ3v) is 2.13. The molecule has 84 valence electrons. The fourth-order valence-electron chi connectivity index (χ4n) is 1.38. The number of methoxy groups -OCH3 is 1. The molecule has 1 amide bonds. The molecule has 2 rings (SSSR count). The van der Waals surface area contributed by atoms with Crippen LogP contribution in [0.5, 0.6) is 5.75 Å². The zero-order valence-electron chi connectivity index (χ0n) is 8.37. The van der Waals surface area contributed by atoms with Crippen LogP contribution in [-0.4, -0.2) is 25.6 Å². The van der Waals surface area contributed by atoms with Gasteiger partial charge in [-0.05, 0) is 12.1 Å². The molecule has 0 spiro atoms. The summed E-state index contributed by atoms with van der Waals surface area (Å²) >= 11 is 0. The average Bonchev–Trinajstić information content (AvgIpc) is 2.29. The van der Waals surface area contributed by atoms with E-state index in [0.29, 0.717) is 0 Å². The number of carbonyl (C=O) groups is 2. The second-order valence-corrected chi connectivity index (χ2v) is 3.13. The summed E-state index contributed by atoms with van der Waals surface area (Å²) in [5.74, 6) is -1.92. The molecule has 6 heteroatoms. The summed E-state index contributed by atoms with van der Waals surface area (Å²) in [6.45, 7) is -0.163. The highest BCUT2D eigenvalue weighted by Gasteiger charge is 2.24. The van der Waals surface area contributed by atoms with Crippen LogP contribution in [0.25, 0.3) is 0 Å². The van der Waals surface area contributed by atoms with Crippen molar-refractivity contribution < 1.29 is 23.5 Å². The summed E-state index contributed by atoms with van der Waals surface area (Å²) in [5, 5.41) is 2.30. The largest absolute Gasteiger partial charge is 0.481 e. The molecule has 0 bridgehead atoms. The molecule has 5 nitrogen and oxygen atoms in total. The van der Waals surface area contributed by atoms with Crippen molar-refractivity contribution in [3.63, 3.8) is 0 Å². The summed E-state index contributed by atoms with van der Waals surface area (Å²) in [6, 6.07) is 2.65. The van der Waals surface area contributed by atoms with Gasteiger partial charge < -0.3 is 14.8 Å². The minimum atomic E-state index is -0.850. The van der Waals surface area contributed by atoms with E-state index in [1.54, 1.807) is 0 Å². The lowest BCUT2D eigenvalue weighted by atomic mass is 10.1. The third-order valence-electron chi connectivity index (χ3n) is 2.13. The Hall–Kier alpha value is -2.11. The van der Waals surface area contributed by atoms with Crippen molar-refractivity contribution in [1.82, 2.24) is 0 Å². The molecule has 1 aliphatic heterocycles. The van der Waals surface area contributed by atoms with Crippen LogP contribution >= 0.6 is 0 Å². The predicted molar refractivity (Wildman–Crippen MR) is 51.9 cm³/mol. The third kappa shape index (κ3) is 1.58. The average molecular weight is 225 g/mol. The van der Waals surface area contributed by atoms with E-state index >= 15 is 0 Å². The zero-order valence-corrected chi connectivity index (χ0v) is 8.37. The molecule has 1 aromatic carbocycles. The molecule has 0 saturated carbocycles. The first kappa shape index (κ1) is 10.4. The van der Waals surface area contributed by atoms with Gasteiger partial charge in [0, 0.05) is 0 Å². The molecule has 16 heavy (non-hydrogen) atoms. The number of anilines is 1. The Kier molecular flexibility index (Phi) is 2.47. The Balaban J connectivity index is 2.50. The Bertz CT molecular complexity index is 472. The smallest absolute Gasteiger partial charge is 0.340 e. The molecule has 0 unspecified atom stereocenters. The minimum absolute atomic E-state index is 0.126. The quantitative estimate of drug-likeness (QED) is 0.722. The highest BCUT2D eigenvalue weighted by atomic mass is 19.1. The molecule has 1 N–H and O–H groups in total. The maximum Gasteiger partial charge on any atom is 0.340 e. The van der Waals surface area contributed by atoms with Gasteiger partial charge in [-0.3, -0.25) is 4.79 Å². The van der Waals surface area contributed by atoms with Gasteiger partial charge in [-0.15, -0.1) is 0 Å². The Morgan fingerprint density at radius 2 is 2.31 bits per heavy atom. The van der Waals surface area contributed by atoms with Crippen molar-refractivity contribution >= 4 is 17.6 Å². The second kappa shape index (κ2) is 3.80. The Morgan fingerprint density at radius 1 is 1.56 bits per heavy atom. The van der Waals surface area contributed by atoms with Crippen LogP contribution in [0.2, 0.25) is 0 Å². The number of halogens is 1. The van der Waals surface area contributed by atoms with Crippen molar-refractivity contribution in [3.05, 3.63) is 23.5 Å². The van der Waals surface area contributed by atoms with E-state index in [-0.39, 0.29) is 23.6 Å². The second-order valence-electron chi connectivity index (χ2n) is 3.13. The van der Waals surface area contributed by atoms with Crippen LogP contribution in [0.15, 0.2) is 12.1 Å². The van der Waals surface area contributed by atoms with Gasteiger partial charge in [-0.2, -0.15) is 0 Å². The predicted octanol–water partition coefficient (Wildman–Crippen LogP) is 0.943. The standard InChI is InChI=1S/C10H8FNO4/c1-15-10(14)5-2-3-6-9(8(5)11)12-7(13)4-16-6/h2-3H,4H2,1H3,(H,12,13). The number of ether oxygens (including phenoxy) is 2. The molecule has 0 atom stereocenters. The number of benzene rings is 1. The van der Waals surface area contributed by atoms with Crippen molar-refractivity contribution in [2.45, 2.75) is 0 Å². The van der Waals surface area contributed by atoms with Crippen LogP contribution in [0.3, 0.4) is 0 Å². The van der Waals surface area contributed by atoms with E-state index in [1.807, 2.05) is 0 Å². The lowest BCUT2D eigenvalue weighted by molar-refractivity contribution is -0.118.